The number of aliphatic imine (C=N–C) groups is 1. The Bertz CT molecular complexity index is 920. The van der Waals surface area contributed by atoms with Gasteiger partial charge in [-0.1, -0.05) is 41.9 Å². The summed E-state index contributed by atoms with van der Waals surface area (Å²) in [7, 11) is 0. The molecule has 3 rings (SSSR count). The average Bonchev–Trinajstić information content (AvgIpc) is 2.67. The Morgan fingerprint density at radius 3 is 2.57 bits per heavy atom. The number of carbonyl (C=O) groups excluding carboxylic acids is 1. The Morgan fingerprint density at radius 2 is 1.86 bits per heavy atom. The van der Waals surface area contributed by atoms with Gasteiger partial charge in [0.2, 0.25) is 0 Å². The summed E-state index contributed by atoms with van der Waals surface area (Å²) in [5.74, 6) is 1.06. The molecule has 0 amide bonds. The van der Waals surface area contributed by atoms with E-state index in [9.17, 15) is 4.79 Å². The maximum absolute atomic E-state index is 12.6. The number of esters is 1. The number of halogens is 1. The van der Waals surface area contributed by atoms with Gasteiger partial charge in [0.15, 0.2) is 0 Å². The van der Waals surface area contributed by atoms with Gasteiger partial charge in [0.1, 0.15) is 12.4 Å². The summed E-state index contributed by atoms with van der Waals surface area (Å²) in [5.41, 5.74) is 3.00. The molecule has 146 valence electrons. The van der Waals surface area contributed by atoms with E-state index < -0.39 is 6.04 Å². The highest BCUT2D eigenvalue weighted by Crippen LogP contribution is 2.34. The normalized spacial score (nSPS) is 16.3. The maximum Gasteiger partial charge on any atom is 0.338 e. The SMILES string of the molecule is CCOC(=O)C1=C(C)N=C(C)NC1c1ccccc1OCc1ccc(Cl)cc1. The predicted octanol–water partition coefficient (Wildman–Crippen LogP) is 4.82. The van der Waals surface area contributed by atoms with Crippen molar-refractivity contribution < 1.29 is 14.3 Å². The molecule has 1 N–H and O–H groups in total. The standard InChI is InChI=1S/C22H23ClN2O3/c1-4-27-22(26)20-14(2)24-15(3)25-21(20)18-7-5-6-8-19(18)28-13-16-9-11-17(23)12-10-16/h5-12,21H,4,13H2,1-3H3,(H,24,25). The van der Waals surface area contributed by atoms with Crippen LogP contribution in [0, 0.1) is 0 Å². The van der Waals surface area contributed by atoms with Crippen molar-refractivity contribution in [2.24, 2.45) is 4.99 Å². The highest BCUT2D eigenvalue weighted by molar-refractivity contribution is 6.30. The van der Waals surface area contributed by atoms with Crippen LogP contribution in [0.5, 0.6) is 5.75 Å². The van der Waals surface area contributed by atoms with Crippen molar-refractivity contribution >= 4 is 23.4 Å². The van der Waals surface area contributed by atoms with Gasteiger partial charge in [0, 0.05) is 10.6 Å². The molecule has 1 aliphatic heterocycles. The van der Waals surface area contributed by atoms with Gasteiger partial charge in [0.05, 0.1) is 29.8 Å². The molecule has 6 heteroatoms. The Kier molecular flexibility index (Phi) is 6.37. The lowest BCUT2D eigenvalue weighted by Gasteiger charge is -2.28. The molecule has 28 heavy (non-hydrogen) atoms. The number of rotatable bonds is 6. The molecule has 1 heterocycles. The molecule has 0 bridgehead atoms. The van der Waals surface area contributed by atoms with E-state index in [2.05, 4.69) is 10.3 Å². The fourth-order valence-electron chi connectivity index (χ4n) is 3.13. The largest absolute Gasteiger partial charge is 0.489 e. The number of nitrogens with one attached hydrogen (secondary N) is 1. The van der Waals surface area contributed by atoms with Crippen LogP contribution in [0.4, 0.5) is 0 Å². The predicted molar refractivity (Wildman–Crippen MR) is 111 cm³/mol. The van der Waals surface area contributed by atoms with Crippen LogP contribution in [0.25, 0.3) is 0 Å². The molecule has 0 aromatic heterocycles. The fourth-order valence-corrected chi connectivity index (χ4v) is 3.26. The van der Waals surface area contributed by atoms with Gasteiger partial charge in [0.25, 0.3) is 0 Å². The molecule has 0 saturated heterocycles. The van der Waals surface area contributed by atoms with Crippen LogP contribution < -0.4 is 10.1 Å². The van der Waals surface area contributed by atoms with E-state index in [0.29, 0.717) is 35.3 Å². The Hall–Kier alpha value is -2.79. The quantitative estimate of drug-likeness (QED) is 0.709. The summed E-state index contributed by atoms with van der Waals surface area (Å²) in [6, 6.07) is 14.8. The monoisotopic (exact) mass is 398 g/mol. The lowest BCUT2D eigenvalue weighted by atomic mass is 9.95. The van der Waals surface area contributed by atoms with Gasteiger partial charge in [-0.05, 0) is 44.5 Å². The smallest absolute Gasteiger partial charge is 0.338 e. The molecular weight excluding hydrogens is 376 g/mol. The van der Waals surface area contributed by atoms with Gasteiger partial charge >= 0.3 is 5.97 Å². The number of allylic oxidation sites excluding steroid dienone is 1. The third-order valence-electron chi connectivity index (χ3n) is 4.40. The molecule has 1 unspecified atom stereocenters. The van der Waals surface area contributed by atoms with Crippen molar-refractivity contribution in [1.82, 2.24) is 5.32 Å². The summed E-state index contributed by atoms with van der Waals surface area (Å²) < 4.78 is 11.3. The number of para-hydroxylation sites is 1. The number of ether oxygens (including phenoxy) is 2. The van der Waals surface area contributed by atoms with E-state index >= 15 is 0 Å². The van der Waals surface area contributed by atoms with Crippen LogP contribution in [0.1, 0.15) is 37.9 Å². The third-order valence-corrected chi connectivity index (χ3v) is 4.65. The summed E-state index contributed by atoms with van der Waals surface area (Å²) >= 11 is 5.95. The van der Waals surface area contributed by atoms with E-state index in [4.69, 9.17) is 21.1 Å². The summed E-state index contributed by atoms with van der Waals surface area (Å²) in [5, 5.41) is 3.98. The van der Waals surface area contributed by atoms with Crippen LogP contribution >= 0.6 is 11.6 Å². The minimum absolute atomic E-state index is 0.305. The molecule has 5 nitrogen and oxygen atoms in total. The van der Waals surface area contributed by atoms with Crippen molar-refractivity contribution in [3.63, 3.8) is 0 Å². The number of benzene rings is 2. The van der Waals surface area contributed by atoms with Gasteiger partial charge < -0.3 is 14.8 Å². The maximum atomic E-state index is 12.6. The third kappa shape index (κ3) is 4.54. The van der Waals surface area contributed by atoms with Crippen LogP contribution in [0.2, 0.25) is 5.02 Å². The highest BCUT2D eigenvalue weighted by atomic mass is 35.5. The molecule has 1 aliphatic rings. The van der Waals surface area contributed by atoms with E-state index in [1.54, 1.807) is 6.92 Å². The van der Waals surface area contributed by atoms with E-state index in [1.807, 2.05) is 62.4 Å². The first-order chi connectivity index (χ1) is 13.5. The van der Waals surface area contributed by atoms with Gasteiger partial charge in [-0.15, -0.1) is 0 Å². The van der Waals surface area contributed by atoms with Crippen molar-refractivity contribution in [2.45, 2.75) is 33.4 Å². The minimum Gasteiger partial charge on any atom is -0.489 e. The van der Waals surface area contributed by atoms with Crippen LogP contribution in [0.3, 0.4) is 0 Å². The molecule has 0 aliphatic carbocycles. The second kappa shape index (κ2) is 8.93. The van der Waals surface area contributed by atoms with Crippen molar-refractivity contribution in [3.05, 3.63) is 76.0 Å². The summed E-state index contributed by atoms with van der Waals surface area (Å²) in [6.07, 6.45) is 0. The zero-order chi connectivity index (χ0) is 20.1. The van der Waals surface area contributed by atoms with Crippen LogP contribution in [-0.4, -0.2) is 18.4 Å². The lowest BCUT2D eigenvalue weighted by Crippen LogP contribution is -2.35. The van der Waals surface area contributed by atoms with E-state index in [1.165, 1.54) is 0 Å². The van der Waals surface area contributed by atoms with Gasteiger partial charge in [-0.3, -0.25) is 0 Å². The Balaban J connectivity index is 1.91. The average molecular weight is 399 g/mol. The molecule has 0 fully saturated rings. The number of amidine groups is 1. The van der Waals surface area contributed by atoms with Crippen molar-refractivity contribution in [2.75, 3.05) is 6.61 Å². The zero-order valence-electron chi connectivity index (χ0n) is 16.2. The highest BCUT2D eigenvalue weighted by Gasteiger charge is 2.31. The molecule has 0 radical (unpaired) electrons. The number of nitrogens with zero attached hydrogens (tertiary/aromatic N) is 1. The van der Waals surface area contributed by atoms with E-state index in [-0.39, 0.29) is 5.97 Å². The van der Waals surface area contributed by atoms with Crippen molar-refractivity contribution in [3.8, 4) is 5.75 Å². The number of hydrogen-bond donors (Lipinski definition) is 1. The van der Waals surface area contributed by atoms with Gasteiger partial charge in [-0.25, -0.2) is 9.79 Å². The number of hydrogen-bond acceptors (Lipinski definition) is 5. The molecule has 0 spiro atoms. The second-order valence-corrected chi connectivity index (χ2v) is 6.88. The fraction of sp³-hybridized carbons (Fsp3) is 0.273. The first kappa shape index (κ1) is 20.0. The van der Waals surface area contributed by atoms with Crippen LogP contribution in [-0.2, 0) is 16.1 Å². The topological polar surface area (TPSA) is 59.9 Å². The molecule has 1 atom stereocenters. The molecule has 2 aromatic carbocycles. The first-order valence-corrected chi connectivity index (χ1v) is 9.53. The van der Waals surface area contributed by atoms with Crippen molar-refractivity contribution in [1.29, 1.82) is 0 Å². The minimum atomic E-state index is -0.391. The first-order valence-electron chi connectivity index (χ1n) is 9.15. The molecule has 0 saturated carbocycles. The van der Waals surface area contributed by atoms with E-state index in [0.717, 1.165) is 17.0 Å². The molecule has 2 aromatic rings. The summed E-state index contributed by atoms with van der Waals surface area (Å²) in [6.45, 7) is 6.18. The zero-order valence-corrected chi connectivity index (χ0v) is 16.9. The summed E-state index contributed by atoms with van der Waals surface area (Å²) in [4.78, 5) is 17.0. The lowest BCUT2D eigenvalue weighted by molar-refractivity contribution is -0.139. The number of carbonyl (C=O) groups is 1. The van der Waals surface area contributed by atoms with Crippen LogP contribution in [0.15, 0.2) is 64.8 Å². The Morgan fingerprint density at radius 1 is 1.14 bits per heavy atom. The Labute approximate surface area is 170 Å². The molecular formula is C22H23ClN2O3. The van der Waals surface area contributed by atoms with Gasteiger partial charge in [-0.2, -0.15) is 0 Å². The second-order valence-electron chi connectivity index (χ2n) is 6.45.